The summed E-state index contributed by atoms with van der Waals surface area (Å²) in [5.41, 5.74) is 0. The maximum Gasteiger partial charge on any atom is -0.0383 e. The molecule has 0 bridgehead atoms. The maximum atomic E-state index is 2.38. The third kappa shape index (κ3) is 7.05. The van der Waals surface area contributed by atoms with E-state index in [1.807, 2.05) is 0 Å². The third-order valence-electron chi connectivity index (χ3n) is 9.28. The van der Waals surface area contributed by atoms with E-state index in [1.165, 1.54) is 51.4 Å². The predicted molar refractivity (Wildman–Crippen MR) is 125 cm³/mol. The minimum atomic E-state index is 1.08. The van der Waals surface area contributed by atoms with Crippen molar-refractivity contribution in [1.29, 1.82) is 0 Å². The van der Waals surface area contributed by atoms with Crippen molar-refractivity contribution in [3.63, 3.8) is 0 Å². The molecule has 0 heterocycles. The zero-order chi connectivity index (χ0) is 19.6. The number of hydrogen-bond donors (Lipinski definition) is 0. The minimum Gasteiger partial charge on any atom is -0.0654 e. The fraction of sp³-hybridized carbons (Fsp3) is 1.00. The first-order valence-corrected chi connectivity index (χ1v) is 13.8. The number of hydrogen-bond acceptors (Lipinski definition) is 0. The summed E-state index contributed by atoms with van der Waals surface area (Å²) in [4.78, 5) is 0. The lowest BCUT2D eigenvalue weighted by atomic mass is 9.64. The highest BCUT2D eigenvalue weighted by Gasteiger charge is 2.34. The van der Waals surface area contributed by atoms with E-state index >= 15 is 0 Å². The highest BCUT2D eigenvalue weighted by Crippen LogP contribution is 2.46. The van der Waals surface area contributed by atoms with Crippen LogP contribution in [0.1, 0.15) is 142 Å². The van der Waals surface area contributed by atoms with Gasteiger partial charge in [-0.05, 0) is 80.5 Å². The van der Waals surface area contributed by atoms with Crippen molar-refractivity contribution in [3.8, 4) is 0 Å². The average Bonchev–Trinajstić information content (AvgIpc) is 2.75. The van der Waals surface area contributed by atoms with Gasteiger partial charge in [0.2, 0.25) is 0 Å². The molecule has 0 aromatic carbocycles. The summed E-state index contributed by atoms with van der Waals surface area (Å²) < 4.78 is 0. The van der Waals surface area contributed by atoms with E-state index < -0.39 is 0 Å². The molecule has 0 aromatic heterocycles. The summed E-state index contributed by atoms with van der Waals surface area (Å²) in [6.07, 6.45) is 30.7. The molecule has 0 aliphatic heterocycles. The van der Waals surface area contributed by atoms with E-state index in [2.05, 4.69) is 13.8 Å². The van der Waals surface area contributed by atoms with E-state index in [1.54, 1.807) is 77.0 Å². The van der Waals surface area contributed by atoms with Crippen LogP contribution in [0.5, 0.6) is 0 Å². The van der Waals surface area contributed by atoms with E-state index in [-0.39, 0.29) is 0 Å². The van der Waals surface area contributed by atoms with Crippen LogP contribution in [-0.4, -0.2) is 0 Å². The van der Waals surface area contributed by atoms with Gasteiger partial charge in [-0.2, -0.15) is 0 Å². The Bertz CT molecular complexity index is 381. The highest BCUT2D eigenvalue weighted by atomic mass is 14.4. The second-order valence-electron chi connectivity index (χ2n) is 11.2. The number of rotatable bonds is 10. The van der Waals surface area contributed by atoms with Crippen molar-refractivity contribution in [2.45, 2.75) is 142 Å². The van der Waals surface area contributed by atoms with Crippen LogP contribution in [0.4, 0.5) is 0 Å². The minimum absolute atomic E-state index is 1.08. The van der Waals surface area contributed by atoms with Gasteiger partial charge >= 0.3 is 0 Å². The van der Waals surface area contributed by atoms with Gasteiger partial charge in [0.05, 0.1) is 0 Å². The van der Waals surface area contributed by atoms with Crippen LogP contribution in [0.2, 0.25) is 0 Å². The maximum absolute atomic E-state index is 2.38. The van der Waals surface area contributed by atoms with Crippen molar-refractivity contribution in [2.24, 2.45) is 35.5 Å². The quantitative estimate of drug-likeness (QED) is 0.327. The van der Waals surface area contributed by atoms with Crippen molar-refractivity contribution < 1.29 is 0 Å². The van der Waals surface area contributed by atoms with Gasteiger partial charge in [-0.1, -0.05) is 97.3 Å². The van der Waals surface area contributed by atoms with E-state index in [0.29, 0.717) is 0 Å². The van der Waals surface area contributed by atoms with Crippen LogP contribution >= 0.6 is 0 Å². The van der Waals surface area contributed by atoms with Crippen LogP contribution in [0, 0.1) is 35.5 Å². The Labute approximate surface area is 178 Å². The Morgan fingerprint density at radius 3 is 1.71 bits per heavy atom. The molecule has 0 heteroatoms. The third-order valence-corrected chi connectivity index (χ3v) is 9.28. The molecular formula is C28H52. The van der Waals surface area contributed by atoms with Gasteiger partial charge in [0.15, 0.2) is 0 Å². The topological polar surface area (TPSA) is 0 Å². The van der Waals surface area contributed by atoms with E-state index in [4.69, 9.17) is 0 Å². The summed E-state index contributed by atoms with van der Waals surface area (Å²) in [5, 5.41) is 0. The Morgan fingerprint density at radius 2 is 1.07 bits per heavy atom. The Morgan fingerprint density at radius 1 is 0.464 bits per heavy atom. The predicted octanol–water partition coefficient (Wildman–Crippen LogP) is 9.57. The molecule has 3 rings (SSSR count). The van der Waals surface area contributed by atoms with Crippen LogP contribution in [0.15, 0.2) is 0 Å². The second kappa shape index (κ2) is 12.6. The molecule has 3 saturated carbocycles. The summed E-state index contributed by atoms with van der Waals surface area (Å²) in [6.45, 7) is 4.71. The first kappa shape index (κ1) is 22.7. The lowest BCUT2D eigenvalue weighted by Crippen LogP contribution is -2.30. The van der Waals surface area contributed by atoms with Gasteiger partial charge in [0, 0.05) is 0 Å². The molecule has 3 aliphatic rings. The first-order chi connectivity index (χ1) is 13.8. The van der Waals surface area contributed by atoms with E-state index in [9.17, 15) is 0 Å². The van der Waals surface area contributed by atoms with Gasteiger partial charge in [0.25, 0.3) is 0 Å². The molecule has 164 valence electrons. The van der Waals surface area contributed by atoms with Crippen molar-refractivity contribution in [1.82, 2.24) is 0 Å². The SMILES string of the molecule is CCCCCCCC1CCC(C2CCC(C3CCCC(CCC)C3)CC2)CC1. The monoisotopic (exact) mass is 388 g/mol. The summed E-state index contributed by atoms with van der Waals surface area (Å²) in [7, 11) is 0. The lowest BCUT2D eigenvalue weighted by molar-refractivity contribution is 0.0983. The molecule has 2 atom stereocenters. The largest absolute Gasteiger partial charge is 0.0654 e. The molecule has 0 aromatic rings. The van der Waals surface area contributed by atoms with Crippen LogP contribution < -0.4 is 0 Å². The summed E-state index contributed by atoms with van der Waals surface area (Å²) in [5.74, 6) is 6.60. The van der Waals surface area contributed by atoms with Crippen molar-refractivity contribution in [3.05, 3.63) is 0 Å². The van der Waals surface area contributed by atoms with Crippen LogP contribution in [-0.2, 0) is 0 Å². The Hall–Kier alpha value is 0. The highest BCUT2D eigenvalue weighted by molar-refractivity contribution is 4.86. The summed E-state index contributed by atoms with van der Waals surface area (Å²) in [6, 6.07) is 0. The fourth-order valence-electron chi connectivity index (χ4n) is 7.50. The molecule has 3 aliphatic carbocycles. The molecule has 0 amide bonds. The fourth-order valence-corrected chi connectivity index (χ4v) is 7.50. The van der Waals surface area contributed by atoms with Gasteiger partial charge in [0.1, 0.15) is 0 Å². The average molecular weight is 389 g/mol. The number of unbranched alkanes of at least 4 members (excludes halogenated alkanes) is 4. The molecule has 3 fully saturated rings. The smallest absolute Gasteiger partial charge is 0.0383 e. The van der Waals surface area contributed by atoms with E-state index in [0.717, 1.165) is 35.5 Å². The lowest BCUT2D eigenvalue weighted by Gasteiger charge is -2.41. The van der Waals surface area contributed by atoms with Crippen molar-refractivity contribution >= 4 is 0 Å². The zero-order valence-electron chi connectivity index (χ0n) is 19.6. The molecule has 2 unspecified atom stereocenters. The van der Waals surface area contributed by atoms with Gasteiger partial charge in [-0.15, -0.1) is 0 Å². The normalized spacial score (nSPS) is 37.1. The molecule has 28 heavy (non-hydrogen) atoms. The Balaban J connectivity index is 1.30. The summed E-state index contributed by atoms with van der Waals surface area (Å²) >= 11 is 0. The Kier molecular flexibility index (Phi) is 10.2. The van der Waals surface area contributed by atoms with Gasteiger partial charge in [-0.25, -0.2) is 0 Å². The molecule has 0 N–H and O–H groups in total. The zero-order valence-corrected chi connectivity index (χ0v) is 19.6. The molecule has 0 saturated heterocycles. The van der Waals surface area contributed by atoms with Crippen LogP contribution in [0.3, 0.4) is 0 Å². The standard InChI is InChI=1S/C28H52/c1-3-5-6-7-8-11-23-14-16-25(17-15-23)26-18-20-27(21-19-26)28-13-9-12-24(22-28)10-4-2/h23-28H,3-22H2,1-2H3. The van der Waals surface area contributed by atoms with Gasteiger partial charge < -0.3 is 0 Å². The van der Waals surface area contributed by atoms with Gasteiger partial charge in [-0.3, -0.25) is 0 Å². The molecule has 0 nitrogen and oxygen atoms in total. The molecule has 0 spiro atoms. The van der Waals surface area contributed by atoms with Crippen molar-refractivity contribution in [2.75, 3.05) is 0 Å². The molecular weight excluding hydrogens is 336 g/mol. The van der Waals surface area contributed by atoms with Crippen LogP contribution in [0.25, 0.3) is 0 Å². The first-order valence-electron chi connectivity index (χ1n) is 13.8. The molecule has 0 radical (unpaired) electrons. The second-order valence-corrected chi connectivity index (χ2v) is 11.2.